The fraction of sp³-hybridized carbons (Fsp3) is 0.0833. The van der Waals surface area contributed by atoms with Crippen molar-refractivity contribution in [2.45, 2.75) is 6.92 Å². The normalized spacial score (nSPS) is 10.6. The van der Waals surface area contributed by atoms with Crippen LogP contribution < -0.4 is 5.32 Å². The first-order chi connectivity index (χ1) is 15.9. The molecule has 0 aliphatic rings. The molecule has 0 radical (unpaired) electrons. The summed E-state index contributed by atoms with van der Waals surface area (Å²) in [5.41, 5.74) is 3.84. The highest BCUT2D eigenvalue weighted by molar-refractivity contribution is 5.96. The number of benzene rings is 3. The third-order valence-electron chi connectivity index (χ3n) is 4.85. The van der Waals surface area contributed by atoms with Gasteiger partial charge in [-0.05, 0) is 43.3 Å². The number of nitro benzene ring substituents is 1. The summed E-state index contributed by atoms with van der Waals surface area (Å²) in [7, 11) is 0. The summed E-state index contributed by atoms with van der Waals surface area (Å²) in [4.78, 5) is 43.8. The Morgan fingerprint density at radius 2 is 1.82 bits per heavy atom. The van der Waals surface area contributed by atoms with Gasteiger partial charge < -0.3 is 10.1 Å². The molecule has 3 aromatic carbocycles. The fourth-order valence-electron chi connectivity index (χ4n) is 3.25. The van der Waals surface area contributed by atoms with Crippen LogP contribution in [-0.4, -0.2) is 33.4 Å². The summed E-state index contributed by atoms with van der Waals surface area (Å²) in [5, 5.41) is 13.6. The number of anilines is 1. The van der Waals surface area contributed by atoms with E-state index in [9.17, 15) is 19.7 Å². The van der Waals surface area contributed by atoms with E-state index >= 15 is 0 Å². The minimum Gasteiger partial charge on any atom is -0.452 e. The standard InChI is InChI=1S/C24H18N4O5/c1-15-11-17(9-10-22(15)28(31)32)24(30)33-14-23(29)26-18-6-4-5-16(12-18)21-13-25-19-7-2-3-8-20(19)27-21/h2-13H,14H2,1H3,(H,26,29). The van der Waals surface area contributed by atoms with Gasteiger partial charge in [0.05, 0.1) is 33.4 Å². The lowest BCUT2D eigenvalue weighted by Crippen LogP contribution is -2.21. The number of amides is 1. The highest BCUT2D eigenvalue weighted by Gasteiger charge is 2.16. The number of hydrogen-bond acceptors (Lipinski definition) is 7. The zero-order chi connectivity index (χ0) is 23.4. The highest BCUT2D eigenvalue weighted by atomic mass is 16.6. The molecule has 0 fully saturated rings. The van der Waals surface area contributed by atoms with Crippen molar-refractivity contribution < 1.29 is 19.2 Å². The van der Waals surface area contributed by atoms with Gasteiger partial charge in [-0.15, -0.1) is 0 Å². The average molecular weight is 442 g/mol. The Bertz CT molecular complexity index is 1390. The van der Waals surface area contributed by atoms with E-state index < -0.39 is 23.4 Å². The summed E-state index contributed by atoms with van der Waals surface area (Å²) in [5.74, 6) is -1.27. The molecule has 0 atom stereocenters. The van der Waals surface area contributed by atoms with Gasteiger partial charge in [0.25, 0.3) is 11.6 Å². The Kier molecular flexibility index (Phi) is 6.03. The zero-order valence-electron chi connectivity index (χ0n) is 17.5. The van der Waals surface area contributed by atoms with Gasteiger partial charge in [-0.25, -0.2) is 9.78 Å². The molecule has 4 rings (SSSR count). The number of fused-ring (bicyclic) bond motifs is 1. The number of aromatic nitrogens is 2. The van der Waals surface area contributed by atoms with Gasteiger partial charge in [0, 0.05) is 22.9 Å². The lowest BCUT2D eigenvalue weighted by molar-refractivity contribution is -0.385. The van der Waals surface area contributed by atoms with Gasteiger partial charge in [-0.1, -0.05) is 24.3 Å². The Hall–Kier alpha value is -4.66. The Morgan fingerprint density at radius 3 is 2.58 bits per heavy atom. The Balaban J connectivity index is 1.40. The molecule has 1 N–H and O–H groups in total. The monoisotopic (exact) mass is 442 g/mol. The van der Waals surface area contributed by atoms with E-state index in [4.69, 9.17) is 4.74 Å². The molecule has 0 saturated carbocycles. The van der Waals surface area contributed by atoms with Crippen molar-refractivity contribution >= 4 is 34.3 Å². The van der Waals surface area contributed by atoms with Crippen molar-refractivity contribution in [3.8, 4) is 11.3 Å². The van der Waals surface area contributed by atoms with E-state index in [0.29, 0.717) is 16.9 Å². The number of nitrogens with one attached hydrogen (secondary N) is 1. The van der Waals surface area contributed by atoms with E-state index in [1.165, 1.54) is 25.1 Å². The molecule has 164 valence electrons. The van der Waals surface area contributed by atoms with Crippen LogP contribution in [0.3, 0.4) is 0 Å². The number of carbonyl (C=O) groups is 2. The maximum absolute atomic E-state index is 12.3. The molecular weight excluding hydrogens is 424 g/mol. The number of nitrogens with zero attached hydrogens (tertiary/aromatic N) is 3. The molecule has 0 bridgehead atoms. The lowest BCUT2D eigenvalue weighted by atomic mass is 10.1. The van der Waals surface area contributed by atoms with Crippen molar-refractivity contribution in [3.05, 3.63) is 94.2 Å². The number of hydrogen-bond donors (Lipinski definition) is 1. The summed E-state index contributed by atoms with van der Waals surface area (Å²) >= 11 is 0. The van der Waals surface area contributed by atoms with Gasteiger partial charge in [-0.3, -0.25) is 19.9 Å². The van der Waals surface area contributed by atoms with Crippen LogP contribution >= 0.6 is 0 Å². The number of esters is 1. The number of ether oxygens (including phenoxy) is 1. The number of nitro groups is 1. The quantitative estimate of drug-likeness (QED) is 0.268. The first-order valence-corrected chi connectivity index (χ1v) is 9.95. The minimum atomic E-state index is -0.747. The van der Waals surface area contributed by atoms with Gasteiger partial charge in [-0.2, -0.15) is 0 Å². The highest BCUT2D eigenvalue weighted by Crippen LogP contribution is 2.22. The SMILES string of the molecule is Cc1cc(C(=O)OCC(=O)Nc2cccc(-c3cnc4ccccc4n3)c2)ccc1[N+](=O)[O-]. The van der Waals surface area contributed by atoms with Crippen molar-refractivity contribution in [1.29, 1.82) is 0 Å². The van der Waals surface area contributed by atoms with Crippen LogP contribution in [0.2, 0.25) is 0 Å². The predicted octanol–water partition coefficient (Wildman–Crippen LogP) is 4.31. The van der Waals surface area contributed by atoms with Crippen LogP contribution in [-0.2, 0) is 9.53 Å². The van der Waals surface area contributed by atoms with Crippen LogP contribution in [0.15, 0.2) is 72.9 Å². The van der Waals surface area contributed by atoms with Crippen LogP contribution in [0, 0.1) is 17.0 Å². The number of para-hydroxylation sites is 2. The zero-order valence-corrected chi connectivity index (χ0v) is 17.5. The third kappa shape index (κ3) is 4.99. The molecule has 1 aromatic heterocycles. The summed E-state index contributed by atoms with van der Waals surface area (Å²) in [6.07, 6.45) is 1.66. The topological polar surface area (TPSA) is 124 Å². The van der Waals surface area contributed by atoms with E-state index in [2.05, 4.69) is 15.3 Å². The second-order valence-corrected chi connectivity index (χ2v) is 7.21. The maximum Gasteiger partial charge on any atom is 0.338 e. The summed E-state index contributed by atoms with van der Waals surface area (Å²) in [6, 6.07) is 18.5. The second kappa shape index (κ2) is 9.23. The van der Waals surface area contributed by atoms with E-state index in [1.54, 1.807) is 24.4 Å². The number of aryl methyl sites for hydroxylation is 1. The molecule has 0 spiro atoms. The van der Waals surface area contributed by atoms with Gasteiger partial charge in [0.2, 0.25) is 0 Å². The van der Waals surface area contributed by atoms with Crippen molar-refractivity contribution in [1.82, 2.24) is 9.97 Å². The van der Waals surface area contributed by atoms with Crippen molar-refractivity contribution in [2.24, 2.45) is 0 Å². The maximum atomic E-state index is 12.3. The van der Waals surface area contributed by atoms with Crippen LogP contribution in [0.1, 0.15) is 15.9 Å². The Morgan fingerprint density at radius 1 is 1.03 bits per heavy atom. The molecule has 1 amide bonds. The number of rotatable bonds is 6. The predicted molar refractivity (Wildman–Crippen MR) is 122 cm³/mol. The van der Waals surface area contributed by atoms with Crippen molar-refractivity contribution in [3.63, 3.8) is 0 Å². The Labute approximate surface area is 188 Å². The fourth-order valence-corrected chi connectivity index (χ4v) is 3.25. The van der Waals surface area contributed by atoms with Crippen LogP contribution in [0.4, 0.5) is 11.4 Å². The molecule has 1 heterocycles. The van der Waals surface area contributed by atoms with Crippen LogP contribution in [0.5, 0.6) is 0 Å². The van der Waals surface area contributed by atoms with E-state index in [0.717, 1.165) is 16.6 Å². The van der Waals surface area contributed by atoms with Gasteiger partial charge in [0.15, 0.2) is 6.61 Å². The smallest absolute Gasteiger partial charge is 0.338 e. The first-order valence-electron chi connectivity index (χ1n) is 9.95. The second-order valence-electron chi connectivity index (χ2n) is 7.21. The van der Waals surface area contributed by atoms with Crippen LogP contribution in [0.25, 0.3) is 22.3 Å². The summed E-state index contributed by atoms with van der Waals surface area (Å²) in [6.45, 7) is 1.02. The molecular formula is C24H18N4O5. The molecule has 33 heavy (non-hydrogen) atoms. The number of carbonyl (C=O) groups excluding carboxylic acids is 2. The summed E-state index contributed by atoms with van der Waals surface area (Å²) < 4.78 is 5.04. The average Bonchev–Trinajstić information content (AvgIpc) is 2.82. The third-order valence-corrected chi connectivity index (χ3v) is 4.85. The van der Waals surface area contributed by atoms with E-state index in [1.807, 2.05) is 30.3 Å². The molecule has 4 aromatic rings. The first kappa shape index (κ1) is 21.6. The molecule has 0 aliphatic carbocycles. The van der Waals surface area contributed by atoms with Gasteiger partial charge in [0.1, 0.15) is 0 Å². The van der Waals surface area contributed by atoms with Gasteiger partial charge >= 0.3 is 5.97 Å². The molecule has 0 aliphatic heterocycles. The molecule has 0 saturated heterocycles. The molecule has 9 heteroatoms. The lowest BCUT2D eigenvalue weighted by Gasteiger charge is -2.09. The van der Waals surface area contributed by atoms with Crippen molar-refractivity contribution in [2.75, 3.05) is 11.9 Å². The minimum absolute atomic E-state index is 0.0970. The largest absolute Gasteiger partial charge is 0.452 e. The van der Waals surface area contributed by atoms with E-state index in [-0.39, 0.29) is 11.3 Å². The molecule has 0 unspecified atom stereocenters. The molecule has 9 nitrogen and oxygen atoms in total.